The monoisotopic (exact) mass is 324 g/mol. The maximum absolute atomic E-state index is 12.4. The molecule has 1 N–H and O–H groups in total. The molecule has 0 atom stereocenters. The SMILES string of the molecule is O=C(COC(=O)c1ccncc1)Nc1ccc(C(F)(F)F)cc1. The Hall–Kier alpha value is -2.90. The van der Waals surface area contributed by atoms with Gasteiger partial charge in [-0.3, -0.25) is 9.78 Å². The Labute approximate surface area is 129 Å². The van der Waals surface area contributed by atoms with Crippen LogP contribution in [0.25, 0.3) is 0 Å². The number of benzene rings is 1. The molecular weight excluding hydrogens is 313 g/mol. The maximum atomic E-state index is 12.4. The summed E-state index contributed by atoms with van der Waals surface area (Å²) < 4.78 is 42.0. The smallest absolute Gasteiger partial charge is 0.416 e. The summed E-state index contributed by atoms with van der Waals surface area (Å²) in [5.41, 5.74) is -0.412. The van der Waals surface area contributed by atoms with Crippen LogP contribution in [0, 0.1) is 0 Å². The number of carbonyl (C=O) groups excluding carboxylic acids is 2. The van der Waals surface area contributed by atoms with E-state index in [1.165, 1.54) is 24.5 Å². The number of nitrogens with zero attached hydrogens (tertiary/aromatic N) is 1. The summed E-state index contributed by atoms with van der Waals surface area (Å²) in [5.74, 6) is -1.36. The first-order valence-corrected chi connectivity index (χ1v) is 6.40. The number of hydrogen-bond donors (Lipinski definition) is 1. The molecule has 1 heterocycles. The molecule has 2 aromatic rings. The molecule has 2 rings (SSSR count). The average Bonchev–Trinajstić information content (AvgIpc) is 2.53. The van der Waals surface area contributed by atoms with Crippen LogP contribution in [0.5, 0.6) is 0 Å². The van der Waals surface area contributed by atoms with Crippen LogP contribution in [0.2, 0.25) is 0 Å². The number of esters is 1. The minimum absolute atomic E-state index is 0.169. The van der Waals surface area contributed by atoms with Crippen molar-refractivity contribution in [2.24, 2.45) is 0 Å². The number of ether oxygens (including phenoxy) is 1. The van der Waals surface area contributed by atoms with E-state index < -0.39 is 30.2 Å². The molecule has 0 radical (unpaired) electrons. The molecule has 0 fully saturated rings. The van der Waals surface area contributed by atoms with Crippen molar-refractivity contribution < 1.29 is 27.5 Å². The average molecular weight is 324 g/mol. The van der Waals surface area contributed by atoms with Gasteiger partial charge < -0.3 is 10.1 Å². The Kier molecular flexibility index (Phi) is 4.95. The number of rotatable bonds is 4. The second-order valence-corrected chi connectivity index (χ2v) is 4.44. The van der Waals surface area contributed by atoms with Gasteiger partial charge in [-0.15, -0.1) is 0 Å². The molecule has 0 aliphatic heterocycles. The largest absolute Gasteiger partial charge is 0.452 e. The fraction of sp³-hybridized carbons (Fsp3) is 0.133. The number of alkyl halides is 3. The molecule has 5 nitrogen and oxygen atoms in total. The second-order valence-electron chi connectivity index (χ2n) is 4.44. The lowest BCUT2D eigenvalue weighted by Crippen LogP contribution is -2.21. The highest BCUT2D eigenvalue weighted by Crippen LogP contribution is 2.29. The molecule has 0 saturated heterocycles. The molecule has 0 aliphatic carbocycles. The van der Waals surface area contributed by atoms with Crippen molar-refractivity contribution in [1.29, 1.82) is 0 Å². The van der Waals surface area contributed by atoms with Crippen molar-refractivity contribution in [3.05, 3.63) is 59.9 Å². The second kappa shape index (κ2) is 6.91. The van der Waals surface area contributed by atoms with Gasteiger partial charge in [0.2, 0.25) is 0 Å². The van der Waals surface area contributed by atoms with Gasteiger partial charge in [0.15, 0.2) is 6.61 Å². The Morgan fingerprint density at radius 2 is 1.65 bits per heavy atom. The van der Waals surface area contributed by atoms with Crippen molar-refractivity contribution in [1.82, 2.24) is 4.98 Å². The first kappa shape index (κ1) is 16.5. The Morgan fingerprint density at radius 1 is 1.04 bits per heavy atom. The number of anilines is 1. The highest BCUT2D eigenvalue weighted by atomic mass is 19.4. The van der Waals surface area contributed by atoms with Crippen LogP contribution in [-0.2, 0) is 15.7 Å². The summed E-state index contributed by atoms with van der Waals surface area (Å²) in [6, 6.07) is 6.78. The zero-order chi connectivity index (χ0) is 16.9. The van der Waals surface area contributed by atoms with Gasteiger partial charge in [0.1, 0.15) is 0 Å². The first-order chi connectivity index (χ1) is 10.9. The third kappa shape index (κ3) is 4.80. The van der Waals surface area contributed by atoms with Gasteiger partial charge in [0, 0.05) is 18.1 Å². The van der Waals surface area contributed by atoms with E-state index in [0.717, 1.165) is 24.3 Å². The van der Waals surface area contributed by atoms with Crippen LogP contribution < -0.4 is 5.32 Å². The van der Waals surface area contributed by atoms with Gasteiger partial charge in [-0.05, 0) is 36.4 Å². The number of hydrogen-bond acceptors (Lipinski definition) is 4. The zero-order valence-corrected chi connectivity index (χ0v) is 11.6. The van der Waals surface area contributed by atoms with Gasteiger partial charge in [0.05, 0.1) is 11.1 Å². The Morgan fingerprint density at radius 3 is 2.22 bits per heavy atom. The molecule has 0 spiro atoms. The van der Waals surface area contributed by atoms with Crippen LogP contribution in [0.3, 0.4) is 0 Å². The zero-order valence-electron chi connectivity index (χ0n) is 11.6. The number of aromatic nitrogens is 1. The summed E-state index contributed by atoms with van der Waals surface area (Å²) >= 11 is 0. The van der Waals surface area contributed by atoms with Gasteiger partial charge in [0.25, 0.3) is 5.91 Å². The molecule has 0 saturated carbocycles. The van der Waals surface area contributed by atoms with E-state index in [0.29, 0.717) is 0 Å². The molecule has 120 valence electrons. The van der Waals surface area contributed by atoms with Gasteiger partial charge in [-0.25, -0.2) is 4.79 Å². The lowest BCUT2D eigenvalue weighted by Gasteiger charge is -2.09. The van der Waals surface area contributed by atoms with Crippen LogP contribution in [0.1, 0.15) is 15.9 Å². The van der Waals surface area contributed by atoms with Crippen molar-refractivity contribution in [2.75, 3.05) is 11.9 Å². The predicted molar refractivity (Wildman–Crippen MR) is 74.6 cm³/mol. The lowest BCUT2D eigenvalue weighted by atomic mass is 10.2. The summed E-state index contributed by atoms with van der Waals surface area (Å²) in [6.45, 7) is -0.553. The van der Waals surface area contributed by atoms with E-state index in [9.17, 15) is 22.8 Å². The Balaban J connectivity index is 1.86. The lowest BCUT2D eigenvalue weighted by molar-refractivity contribution is -0.137. The van der Waals surface area contributed by atoms with E-state index in [1.807, 2.05) is 0 Å². The minimum Gasteiger partial charge on any atom is -0.452 e. The third-order valence-electron chi connectivity index (χ3n) is 2.75. The van der Waals surface area contributed by atoms with Crippen molar-refractivity contribution >= 4 is 17.6 Å². The summed E-state index contributed by atoms with van der Waals surface area (Å²) in [5, 5.41) is 2.33. The summed E-state index contributed by atoms with van der Waals surface area (Å²) in [6.07, 6.45) is -1.64. The van der Waals surface area contributed by atoms with Crippen LogP contribution >= 0.6 is 0 Å². The molecular formula is C15H11F3N2O3. The Bertz CT molecular complexity index is 685. The van der Waals surface area contributed by atoms with Gasteiger partial charge in [-0.1, -0.05) is 0 Å². The van der Waals surface area contributed by atoms with Crippen LogP contribution in [-0.4, -0.2) is 23.5 Å². The predicted octanol–water partition coefficient (Wildman–Crippen LogP) is 2.90. The number of amides is 1. The first-order valence-electron chi connectivity index (χ1n) is 6.40. The van der Waals surface area contributed by atoms with Crippen LogP contribution in [0.4, 0.5) is 18.9 Å². The minimum atomic E-state index is -4.44. The summed E-state index contributed by atoms with van der Waals surface area (Å²) in [4.78, 5) is 26.9. The maximum Gasteiger partial charge on any atom is 0.416 e. The molecule has 0 unspecified atom stereocenters. The van der Waals surface area contributed by atoms with E-state index in [4.69, 9.17) is 4.74 Å². The fourth-order valence-corrected chi connectivity index (χ4v) is 1.64. The van der Waals surface area contributed by atoms with Crippen LogP contribution in [0.15, 0.2) is 48.8 Å². The molecule has 0 aliphatic rings. The highest BCUT2D eigenvalue weighted by molar-refractivity contribution is 5.95. The molecule has 0 bridgehead atoms. The molecule has 23 heavy (non-hydrogen) atoms. The van der Waals surface area contributed by atoms with E-state index in [2.05, 4.69) is 10.3 Å². The number of halogens is 3. The van der Waals surface area contributed by atoms with Crippen molar-refractivity contribution in [2.45, 2.75) is 6.18 Å². The topological polar surface area (TPSA) is 68.3 Å². The normalized spacial score (nSPS) is 10.9. The van der Waals surface area contributed by atoms with Gasteiger partial charge in [-0.2, -0.15) is 13.2 Å². The van der Waals surface area contributed by atoms with E-state index in [-0.39, 0.29) is 11.3 Å². The van der Waals surface area contributed by atoms with Crippen molar-refractivity contribution in [3.63, 3.8) is 0 Å². The molecule has 1 aromatic heterocycles. The van der Waals surface area contributed by atoms with E-state index in [1.54, 1.807) is 0 Å². The number of nitrogens with one attached hydrogen (secondary N) is 1. The van der Waals surface area contributed by atoms with Gasteiger partial charge >= 0.3 is 12.1 Å². The molecule has 1 amide bonds. The quantitative estimate of drug-likeness (QED) is 0.878. The third-order valence-corrected chi connectivity index (χ3v) is 2.75. The molecule has 1 aromatic carbocycles. The standard InChI is InChI=1S/C15H11F3N2O3/c16-15(17,18)11-1-3-12(4-2-11)20-13(21)9-23-14(22)10-5-7-19-8-6-10/h1-8H,9H2,(H,20,21). The highest BCUT2D eigenvalue weighted by Gasteiger charge is 2.29. The van der Waals surface area contributed by atoms with E-state index >= 15 is 0 Å². The molecule has 8 heteroatoms. The number of carbonyl (C=O) groups is 2. The fourth-order valence-electron chi connectivity index (χ4n) is 1.64. The van der Waals surface area contributed by atoms with Crippen molar-refractivity contribution in [3.8, 4) is 0 Å². The number of pyridine rings is 1. The summed E-state index contributed by atoms with van der Waals surface area (Å²) in [7, 11) is 0.